The van der Waals surface area contributed by atoms with Crippen LogP contribution < -0.4 is 5.32 Å². The highest BCUT2D eigenvalue weighted by molar-refractivity contribution is 5.73. The van der Waals surface area contributed by atoms with Gasteiger partial charge in [0.05, 0.1) is 6.54 Å². The number of methoxy groups -OCH3 is 1. The third-order valence-electron chi connectivity index (χ3n) is 2.42. The van der Waals surface area contributed by atoms with Gasteiger partial charge in [0.1, 0.15) is 11.6 Å². The molecule has 0 saturated heterocycles. The molecule has 2 N–H and O–H groups in total. The van der Waals surface area contributed by atoms with Crippen molar-refractivity contribution in [3.8, 4) is 0 Å². The minimum absolute atomic E-state index is 0.166. The van der Waals surface area contributed by atoms with Gasteiger partial charge in [-0.05, 0) is 6.92 Å². The van der Waals surface area contributed by atoms with Crippen molar-refractivity contribution in [2.75, 3.05) is 19.0 Å². The van der Waals surface area contributed by atoms with Gasteiger partial charge in [-0.2, -0.15) is 0 Å². The maximum absolute atomic E-state index is 10.8. The van der Waals surface area contributed by atoms with E-state index in [4.69, 9.17) is 9.84 Å². The van der Waals surface area contributed by atoms with E-state index >= 15 is 0 Å². The van der Waals surface area contributed by atoms with Crippen LogP contribution in [-0.4, -0.2) is 40.8 Å². The number of hydrogen-bond donors (Lipinski definition) is 2. The molecule has 0 spiro atoms. The first kappa shape index (κ1) is 14.4. The topological polar surface area (TPSA) is 84.3 Å². The van der Waals surface area contributed by atoms with Crippen molar-refractivity contribution in [1.82, 2.24) is 9.97 Å². The monoisotopic (exact) mass is 253 g/mol. The fraction of sp³-hybridized carbons (Fsp3) is 0.583. The standard InChI is InChI=1S/C12H19N3O3/c1-7(2)11-14-8(3)5-10(15-11)13-6-9(18-4)12(16)17/h5,7,9H,6H2,1-4H3,(H,16,17)(H,13,14,15). The highest BCUT2D eigenvalue weighted by atomic mass is 16.5. The number of rotatable bonds is 6. The number of carbonyl (C=O) groups is 1. The highest BCUT2D eigenvalue weighted by Crippen LogP contribution is 2.13. The molecule has 6 heteroatoms. The summed E-state index contributed by atoms with van der Waals surface area (Å²) >= 11 is 0. The largest absolute Gasteiger partial charge is 0.479 e. The molecule has 1 rings (SSSR count). The first-order chi connectivity index (χ1) is 8.43. The van der Waals surface area contributed by atoms with Crippen molar-refractivity contribution in [3.05, 3.63) is 17.6 Å². The normalized spacial score (nSPS) is 12.5. The first-order valence-electron chi connectivity index (χ1n) is 5.79. The van der Waals surface area contributed by atoms with Crippen LogP contribution in [0.25, 0.3) is 0 Å². The average Bonchev–Trinajstić information content (AvgIpc) is 2.28. The number of aliphatic carboxylic acids is 1. The van der Waals surface area contributed by atoms with Gasteiger partial charge in [-0.15, -0.1) is 0 Å². The van der Waals surface area contributed by atoms with Gasteiger partial charge in [0.15, 0.2) is 6.10 Å². The van der Waals surface area contributed by atoms with Crippen LogP contribution in [0.1, 0.15) is 31.3 Å². The number of nitrogens with zero attached hydrogens (tertiary/aromatic N) is 2. The molecule has 0 aromatic carbocycles. The number of carboxylic acid groups (broad SMARTS) is 1. The Labute approximate surface area is 106 Å². The second-order valence-corrected chi connectivity index (χ2v) is 4.35. The van der Waals surface area contributed by atoms with E-state index < -0.39 is 12.1 Å². The second-order valence-electron chi connectivity index (χ2n) is 4.35. The van der Waals surface area contributed by atoms with Crippen molar-refractivity contribution in [1.29, 1.82) is 0 Å². The van der Waals surface area contributed by atoms with Gasteiger partial charge in [0, 0.05) is 24.8 Å². The molecule has 1 aromatic heterocycles. The second kappa shape index (κ2) is 6.30. The maximum atomic E-state index is 10.8. The fourth-order valence-electron chi connectivity index (χ4n) is 1.41. The van der Waals surface area contributed by atoms with E-state index in [9.17, 15) is 4.79 Å². The highest BCUT2D eigenvalue weighted by Gasteiger charge is 2.16. The summed E-state index contributed by atoms with van der Waals surface area (Å²) in [6.07, 6.45) is -0.886. The summed E-state index contributed by atoms with van der Waals surface area (Å²) < 4.78 is 4.84. The predicted molar refractivity (Wildman–Crippen MR) is 67.8 cm³/mol. The maximum Gasteiger partial charge on any atom is 0.334 e. The fourth-order valence-corrected chi connectivity index (χ4v) is 1.41. The number of carboxylic acids is 1. The van der Waals surface area contributed by atoms with Gasteiger partial charge >= 0.3 is 5.97 Å². The van der Waals surface area contributed by atoms with Crippen molar-refractivity contribution in [3.63, 3.8) is 0 Å². The van der Waals surface area contributed by atoms with Crippen LogP contribution in [0.5, 0.6) is 0 Å². The van der Waals surface area contributed by atoms with Crippen LogP contribution in [0.2, 0.25) is 0 Å². The summed E-state index contributed by atoms with van der Waals surface area (Å²) in [5.41, 5.74) is 0.848. The molecule has 0 amide bonds. The number of aryl methyl sites for hydroxylation is 1. The van der Waals surface area contributed by atoms with Gasteiger partial charge in [-0.1, -0.05) is 13.8 Å². The zero-order valence-corrected chi connectivity index (χ0v) is 11.1. The van der Waals surface area contributed by atoms with Crippen LogP contribution in [0.15, 0.2) is 6.07 Å². The van der Waals surface area contributed by atoms with Crippen molar-refractivity contribution in [2.45, 2.75) is 32.8 Å². The van der Waals surface area contributed by atoms with Crippen LogP contribution in [0, 0.1) is 6.92 Å². The SMILES string of the molecule is COC(CNc1cc(C)nc(C(C)C)n1)C(=O)O. The molecule has 100 valence electrons. The summed E-state index contributed by atoms with van der Waals surface area (Å²) in [5, 5.41) is 11.8. The predicted octanol–water partition coefficient (Wildman–Crippen LogP) is 1.42. The quantitative estimate of drug-likeness (QED) is 0.797. The molecule has 6 nitrogen and oxygen atoms in total. The molecule has 1 unspecified atom stereocenters. The lowest BCUT2D eigenvalue weighted by molar-refractivity contribution is -0.147. The minimum atomic E-state index is -1.00. The van der Waals surface area contributed by atoms with Crippen LogP contribution in [0.3, 0.4) is 0 Å². The van der Waals surface area contributed by atoms with Gasteiger partial charge < -0.3 is 15.2 Å². The number of ether oxygens (including phenoxy) is 1. The molecule has 0 aliphatic rings. The summed E-state index contributed by atoms with van der Waals surface area (Å²) in [6, 6.07) is 1.78. The lowest BCUT2D eigenvalue weighted by Crippen LogP contribution is -2.30. The van der Waals surface area contributed by atoms with Crippen LogP contribution in [-0.2, 0) is 9.53 Å². The Kier molecular flexibility index (Phi) is 5.03. The Morgan fingerprint density at radius 2 is 2.17 bits per heavy atom. The molecule has 0 saturated carbocycles. The third-order valence-corrected chi connectivity index (χ3v) is 2.42. The molecule has 0 fully saturated rings. The van der Waals surface area contributed by atoms with Crippen molar-refractivity contribution < 1.29 is 14.6 Å². The van der Waals surface area contributed by atoms with Gasteiger partial charge in [-0.25, -0.2) is 14.8 Å². The van der Waals surface area contributed by atoms with E-state index in [-0.39, 0.29) is 12.5 Å². The zero-order chi connectivity index (χ0) is 13.7. The minimum Gasteiger partial charge on any atom is -0.479 e. The van der Waals surface area contributed by atoms with Gasteiger partial charge in [0.2, 0.25) is 0 Å². The Hall–Kier alpha value is -1.69. The summed E-state index contributed by atoms with van der Waals surface area (Å²) in [4.78, 5) is 19.4. The Bertz CT molecular complexity index is 421. The molecule has 0 aliphatic heterocycles. The van der Waals surface area contributed by atoms with Crippen molar-refractivity contribution in [2.24, 2.45) is 0 Å². The molecular weight excluding hydrogens is 234 g/mol. The summed E-state index contributed by atoms with van der Waals surface area (Å²) in [6.45, 7) is 6.06. The Morgan fingerprint density at radius 3 is 2.67 bits per heavy atom. The molecule has 1 heterocycles. The molecule has 0 radical (unpaired) electrons. The molecule has 1 atom stereocenters. The lowest BCUT2D eigenvalue weighted by atomic mass is 10.2. The third kappa shape index (κ3) is 3.96. The van der Waals surface area contributed by atoms with E-state index in [1.165, 1.54) is 7.11 Å². The Balaban J connectivity index is 2.75. The van der Waals surface area contributed by atoms with E-state index in [0.717, 1.165) is 11.5 Å². The number of anilines is 1. The van der Waals surface area contributed by atoms with Crippen LogP contribution in [0.4, 0.5) is 5.82 Å². The van der Waals surface area contributed by atoms with E-state index in [1.807, 2.05) is 20.8 Å². The van der Waals surface area contributed by atoms with Crippen LogP contribution >= 0.6 is 0 Å². The molecule has 0 bridgehead atoms. The molecule has 0 aliphatic carbocycles. The number of hydrogen-bond acceptors (Lipinski definition) is 5. The molecule has 1 aromatic rings. The first-order valence-corrected chi connectivity index (χ1v) is 5.79. The smallest absolute Gasteiger partial charge is 0.334 e. The van der Waals surface area contributed by atoms with Gasteiger partial charge in [-0.3, -0.25) is 0 Å². The Morgan fingerprint density at radius 1 is 1.50 bits per heavy atom. The van der Waals surface area contributed by atoms with E-state index in [0.29, 0.717) is 5.82 Å². The molecule has 18 heavy (non-hydrogen) atoms. The lowest BCUT2D eigenvalue weighted by Gasteiger charge is -2.13. The van der Waals surface area contributed by atoms with E-state index in [2.05, 4.69) is 15.3 Å². The number of aromatic nitrogens is 2. The zero-order valence-electron chi connectivity index (χ0n) is 11.1. The average molecular weight is 253 g/mol. The van der Waals surface area contributed by atoms with Gasteiger partial charge in [0.25, 0.3) is 0 Å². The van der Waals surface area contributed by atoms with E-state index in [1.54, 1.807) is 6.07 Å². The summed E-state index contributed by atoms with van der Waals surface area (Å²) in [7, 11) is 1.37. The summed E-state index contributed by atoms with van der Waals surface area (Å²) in [5.74, 6) is 0.583. The number of nitrogens with one attached hydrogen (secondary N) is 1. The molecular formula is C12H19N3O3. The van der Waals surface area contributed by atoms with Crippen molar-refractivity contribution >= 4 is 11.8 Å².